The molecule has 1 N–H and O–H groups in total. The average molecular weight is 201 g/mol. The number of halogens is 2. The minimum absolute atomic E-state index is 0.643. The quantitative estimate of drug-likeness (QED) is 0.549. The summed E-state index contributed by atoms with van der Waals surface area (Å²) in [5.74, 6) is -1.97. The summed E-state index contributed by atoms with van der Waals surface area (Å²) < 4.78 is 2.30. The van der Waals surface area contributed by atoms with Gasteiger partial charge in [-0.3, -0.25) is 9.59 Å². The average Bonchev–Trinajstić information content (AvgIpc) is 1.53. The summed E-state index contributed by atoms with van der Waals surface area (Å²) in [6, 6.07) is 0. The SMILES string of the molecule is CC(=O)OC(Cl)(Cl)CC(=O)O. The van der Waals surface area contributed by atoms with Crippen molar-refractivity contribution < 1.29 is 19.4 Å². The summed E-state index contributed by atoms with van der Waals surface area (Å²) >= 11 is 10.5. The van der Waals surface area contributed by atoms with E-state index in [4.69, 9.17) is 28.3 Å². The molecule has 11 heavy (non-hydrogen) atoms. The van der Waals surface area contributed by atoms with Gasteiger partial charge in [0.05, 0.1) is 0 Å². The third-order valence-electron chi connectivity index (χ3n) is 0.650. The van der Waals surface area contributed by atoms with Gasteiger partial charge in [0.25, 0.3) is 4.52 Å². The number of rotatable bonds is 3. The number of ether oxygens (including phenoxy) is 1. The van der Waals surface area contributed by atoms with Crippen LogP contribution in [0.1, 0.15) is 13.3 Å². The van der Waals surface area contributed by atoms with Crippen molar-refractivity contribution in [2.24, 2.45) is 0 Å². The minimum Gasteiger partial charge on any atom is -0.481 e. The van der Waals surface area contributed by atoms with Crippen LogP contribution in [-0.2, 0) is 14.3 Å². The second-order valence-electron chi connectivity index (χ2n) is 1.80. The van der Waals surface area contributed by atoms with E-state index in [2.05, 4.69) is 4.74 Å². The molecule has 0 saturated heterocycles. The van der Waals surface area contributed by atoms with Crippen molar-refractivity contribution in [1.82, 2.24) is 0 Å². The van der Waals surface area contributed by atoms with Gasteiger partial charge in [0.1, 0.15) is 6.42 Å². The molecule has 0 amide bonds. The number of esters is 1. The Morgan fingerprint density at radius 3 is 2.27 bits per heavy atom. The first-order chi connectivity index (χ1) is 4.83. The Bertz CT molecular complexity index is 159. The molecule has 6 heteroatoms. The van der Waals surface area contributed by atoms with Crippen molar-refractivity contribution >= 4 is 35.1 Å². The van der Waals surface area contributed by atoms with Gasteiger partial charge in [-0.2, -0.15) is 0 Å². The molecule has 0 rings (SSSR count). The maximum Gasteiger partial charge on any atom is 0.310 e. The second-order valence-corrected chi connectivity index (χ2v) is 3.22. The van der Waals surface area contributed by atoms with Gasteiger partial charge in [-0.15, -0.1) is 0 Å². The Morgan fingerprint density at radius 2 is 2.00 bits per heavy atom. The summed E-state index contributed by atoms with van der Waals surface area (Å²) in [7, 11) is 0. The highest BCUT2D eigenvalue weighted by Crippen LogP contribution is 2.26. The highest BCUT2D eigenvalue weighted by Gasteiger charge is 2.30. The summed E-state index contributed by atoms with van der Waals surface area (Å²) in [5.41, 5.74) is 0. The third kappa shape index (κ3) is 5.94. The Balaban J connectivity index is 3.99. The third-order valence-corrected chi connectivity index (χ3v) is 1.07. The van der Waals surface area contributed by atoms with Crippen molar-refractivity contribution in [3.63, 3.8) is 0 Å². The first-order valence-corrected chi connectivity index (χ1v) is 3.38. The van der Waals surface area contributed by atoms with Gasteiger partial charge in [0.2, 0.25) is 0 Å². The lowest BCUT2D eigenvalue weighted by Gasteiger charge is -2.15. The van der Waals surface area contributed by atoms with Gasteiger partial charge in [-0.1, -0.05) is 23.2 Å². The number of aliphatic carboxylic acids is 1. The summed E-state index contributed by atoms with van der Waals surface area (Å²) in [4.78, 5) is 20.3. The Labute approximate surface area is 73.0 Å². The Morgan fingerprint density at radius 1 is 1.55 bits per heavy atom. The zero-order valence-corrected chi connectivity index (χ0v) is 7.15. The Kier molecular flexibility index (Phi) is 3.62. The molecule has 0 heterocycles. The highest BCUT2D eigenvalue weighted by molar-refractivity contribution is 6.48. The minimum atomic E-state index is -1.96. The highest BCUT2D eigenvalue weighted by atomic mass is 35.5. The lowest BCUT2D eigenvalue weighted by molar-refractivity contribution is -0.148. The fraction of sp³-hybridized carbons (Fsp3) is 0.600. The van der Waals surface area contributed by atoms with Crippen LogP contribution in [0, 0.1) is 0 Å². The molecule has 0 saturated carbocycles. The van der Waals surface area contributed by atoms with Crippen LogP contribution in [0.3, 0.4) is 0 Å². The fourth-order valence-electron chi connectivity index (χ4n) is 0.422. The Hall–Kier alpha value is -0.480. The second kappa shape index (κ2) is 3.78. The van der Waals surface area contributed by atoms with E-state index in [9.17, 15) is 9.59 Å². The van der Waals surface area contributed by atoms with Crippen LogP contribution in [-0.4, -0.2) is 21.6 Å². The molecule has 0 aliphatic carbocycles. The number of hydrogen-bond donors (Lipinski definition) is 1. The standard InChI is InChI=1S/C5H6Cl2O4/c1-3(8)11-5(6,7)2-4(9)10/h2H2,1H3,(H,9,10). The molecule has 0 aliphatic rings. The zero-order chi connectivity index (χ0) is 9.07. The molecule has 64 valence electrons. The number of carbonyl (C=O) groups excluding carboxylic acids is 1. The summed E-state index contributed by atoms with van der Waals surface area (Å²) in [6.07, 6.45) is -0.643. The van der Waals surface area contributed by atoms with E-state index in [1.54, 1.807) is 0 Å². The van der Waals surface area contributed by atoms with E-state index in [0.29, 0.717) is 0 Å². The van der Waals surface area contributed by atoms with Gasteiger partial charge < -0.3 is 9.84 Å². The smallest absolute Gasteiger partial charge is 0.310 e. The van der Waals surface area contributed by atoms with E-state index in [-0.39, 0.29) is 0 Å². The first kappa shape index (κ1) is 10.5. The van der Waals surface area contributed by atoms with E-state index in [1.807, 2.05) is 0 Å². The van der Waals surface area contributed by atoms with Crippen molar-refractivity contribution in [3.05, 3.63) is 0 Å². The van der Waals surface area contributed by atoms with Gasteiger partial charge in [-0.05, 0) is 0 Å². The van der Waals surface area contributed by atoms with Gasteiger partial charge >= 0.3 is 11.9 Å². The molecule has 4 nitrogen and oxygen atoms in total. The molecule has 0 aliphatic heterocycles. The molecule has 0 aromatic carbocycles. The predicted octanol–water partition coefficient (Wildman–Crippen LogP) is 1.16. The molecular weight excluding hydrogens is 195 g/mol. The normalized spacial score (nSPS) is 10.8. The monoisotopic (exact) mass is 200 g/mol. The van der Waals surface area contributed by atoms with Crippen molar-refractivity contribution in [2.75, 3.05) is 0 Å². The maximum absolute atomic E-state index is 10.3. The van der Waals surface area contributed by atoms with Crippen LogP contribution in [0.2, 0.25) is 0 Å². The molecule has 0 atom stereocenters. The van der Waals surface area contributed by atoms with E-state index >= 15 is 0 Å². The zero-order valence-electron chi connectivity index (χ0n) is 5.63. The lowest BCUT2D eigenvalue weighted by atomic mass is 10.4. The summed E-state index contributed by atoms with van der Waals surface area (Å²) in [5, 5.41) is 8.20. The maximum atomic E-state index is 10.3. The number of alkyl halides is 2. The van der Waals surface area contributed by atoms with E-state index in [1.165, 1.54) is 0 Å². The number of carbonyl (C=O) groups is 2. The molecule has 0 bridgehead atoms. The fourth-order valence-corrected chi connectivity index (χ4v) is 0.868. The van der Waals surface area contributed by atoms with Gasteiger partial charge in [0, 0.05) is 6.92 Å². The van der Waals surface area contributed by atoms with Crippen molar-refractivity contribution in [3.8, 4) is 0 Å². The van der Waals surface area contributed by atoms with Gasteiger partial charge in [0.15, 0.2) is 0 Å². The van der Waals surface area contributed by atoms with Crippen molar-refractivity contribution in [2.45, 2.75) is 17.9 Å². The largest absolute Gasteiger partial charge is 0.481 e. The van der Waals surface area contributed by atoms with Crippen LogP contribution in [0.4, 0.5) is 0 Å². The molecular formula is C5H6Cl2O4. The molecule has 0 radical (unpaired) electrons. The number of carboxylic acids is 1. The van der Waals surface area contributed by atoms with Crippen LogP contribution < -0.4 is 0 Å². The van der Waals surface area contributed by atoms with E-state index in [0.717, 1.165) is 6.92 Å². The number of carboxylic acid groups (broad SMARTS) is 1. The topological polar surface area (TPSA) is 63.6 Å². The molecule has 0 spiro atoms. The lowest BCUT2D eigenvalue weighted by Crippen LogP contribution is -2.24. The van der Waals surface area contributed by atoms with Crippen molar-refractivity contribution in [1.29, 1.82) is 0 Å². The molecule has 0 aromatic heterocycles. The molecule has 0 aromatic rings. The predicted molar refractivity (Wildman–Crippen MR) is 38.5 cm³/mol. The molecule has 0 fully saturated rings. The number of hydrogen-bond acceptors (Lipinski definition) is 3. The summed E-state index contributed by atoms with van der Waals surface area (Å²) in [6.45, 7) is 1.08. The molecule has 0 unspecified atom stereocenters. The van der Waals surface area contributed by atoms with Crippen LogP contribution in [0.25, 0.3) is 0 Å². The van der Waals surface area contributed by atoms with Crippen LogP contribution >= 0.6 is 23.2 Å². The van der Waals surface area contributed by atoms with Gasteiger partial charge in [-0.25, -0.2) is 0 Å². The van der Waals surface area contributed by atoms with Crippen LogP contribution in [0.5, 0.6) is 0 Å². The van der Waals surface area contributed by atoms with Crippen LogP contribution in [0.15, 0.2) is 0 Å². The first-order valence-electron chi connectivity index (χ1n) is 2.63. The van der Waals surface area contributed by atoms with E-state index < -0.39 is 22.9 Å².